The Kier molecular flexibility index (Phi) is 3.50. The second kappa shape index (κ2) is 5.28. The smallest absolute Gasteiger partial charge is 0.244 e. The van der Waals surface area contributed by atoms with Gasteiger partial charge in [0.25, 0.3) is 0 Å². The van der Waals surface area contributed by atoms with Gasteiger partial charge in [0.2, 0.25) is 5.91 Å². The van der Waals surface area contributed by atoms with E-state index in [-0.39, 0.29) is 11.9 Å². The van der Waals surface area contributed by atoms with Crippen LogP contribution in [-0.4, -0.2) is 51.2 Å². The first-order valence-corrected chi connectivity index (χ1v) is 7.10. The molecule has 0 aromatic carbocycles. The predicted octanol–water partition coefficient (Wildman–Crippen LogP) is 0.440. The molecule has 104 valence electrons. The SMILES string of the molecule is C[C@@H](C(=O)NC[C@@H]1CCN(C2CC2)C1)n1cncn1. The lowest BCUT2D eigenvalue weighted by molar-refractivity contribution is -0.124. The molecule has 1 amide bonds. The van der Waals surface area contributed by atoms with E-state index >= 15 is 0 Å². The molecule has 3 rings (SSSR count). The van der Waals surface area contributed by atoms with Gasteiger partial charge in [-0.25, -0.2) is 9.67 Å². The van der Waals surface area contributed by atoms with E-state index in [0.717, 1.165) is 19.1 Å². The number of aromatic nitrogens is 3. The van der Waals surface area contributed by atoms with Crippen LogP contribution in [0.15, 0.2) is 12.7 Å². The normalized spacial score (nSPS) is 25.4. The zero-order valence-corrected chi connectivity index (χ0v) is 11.3. The number of carbonyl (C=O) groups is 1. The second-order valence-electron chi connectivity index (χ2n) is 5.68. The highest BCUT2D eigenvalue weighted by Gasteiger charge is 2.34. The molecule has 0 bridgehead atoms. The van der Waals surface area contributed by atoms with Gasteiger partial charge in [0.15, 0.2) is 0 Å². The number of nitrogens with zero attached hydrogens (tertiary/aromatic N) is 4. The van der Waals surface area contributed by atoms with Gasteiger partial charge in [0.05, 0.1) is 0 Å². The van der Waals surface area contributed by atoms with Gasteiger partial charge < -0.3 is 10.2 Å². The zero-order valence-electron chi connectivity index (χ0n) is 11.3. The van der Waals surface area contributed by atoms with Crippen LogP contribution in [0.3, 0.4) is 0 Å². The zero-order chi connectivity index (χ0) is 13.2. The van der Waals surface area contributed by atoms with Crippen LogP contribution in [-0.2, 0) is 4.79 Å². The number of carbonyl (C=O) groups excluding carboxylic acids is 1. The Balaban J connectivity index is 1.43. The maximum Gasteiger partial charge on any atom is 0.244 e. The van der Waals surface area contributed by atoms with Crippen LogP contribution in [0, 0.1) is 5.92 Å². The Morgan fingerprint density at radius 1 is 1.47 bits per heavy atom. The van der Waals surface area contributed by atoms with Crippen molar-refractivity contribution in [2.45, 2.75) is 38.3 Å². The molecule has 0 spiro atoms. The van der Waals surface area contributed by atoms with Crippen molar-refractivity contribution in [3.63, 3.8) is 0 Å². The first kappa shape index (κ1) is 12.6. The molecule has 0 unspecified atom stereocenters. The Morgan fingerprint density at radius 3 is 3.00 bits per heavy atom. The number of likely N-dealkylation sites (tertiary alicyclic amines) is 1. The highest BCUT2D eigenvalue weighted by atomic mass is 16.2. The van der Waals surface area contributed by atoms with Crippen LogP contribution in [0.5, 0.6) is 0 Å². The molecule has 1 aliphatic carbocycles. The predicted molar refractivity (Wildman–Crippen MR) is 70.4 cm³/mol. The fraction of sp³-hybridized carbons (Fsp3) is 0.769. The van der Waals surface area contributed by atoms with E-state index in [0.29, 0.717) is 5.92 Å². The molecule has 1 saturated carbocycles. The van der Waals surface area contributed by atoms with Gasteiger partial charge in [-0.3, -0.25) is 4.79 Å². The van der Waals surface area contributed by atoms with Gasteiger partial charge in [-0.1, -0.05) is 0 Å². The van der Waals surface area contributed by atoms with E-state index in [9.17, 15) is 4.79 Å². The lowest BCUT2D eigenvalue weighted by Crippen LogP contribution is -2.35. The average molecular weight is 263 g/mol. The van der Waals surface area contributed by atoms with Crippen molar-refractivity contribution >= 4 is 5.91 Å². The topological polar surface area (TPSA) is 63.1 Å². The largest absolute Gasteiger partial charge is 0.354 e. The molecule has 6 heteroatoms. The third kappa shape index (κ3) is 2.94. The number of nitrogens with one attached hydrogen (secondary N) is 1. The van der Waals surface area contributed by atoms with Gasteiger partial charge in [-0.05, 0) is 38.6 Å². The summed E-state index contributed by atoms with van der Waals surface area (Å²) in [6.07, 6.45) is 6.96. The van der Waals surface area contributed by atoms with Crippen LogP contribution in [0.25, 0.3) is 0 Å². The quantitative estimate of drug-likeness (QED) is 0.837. The first-order valence-electron chi connectivity index (χ1n) is 7.10. The highest BCUT2D eigenvalue weighted by molar-refractivity contribution is 5.79. The van der Waals surface area contributed by atoms with Gasteiger partial charge in [-0.2, -0.15) is 5.10 Å². The van der Waals surface area contributed by atoms with Crippen molar-refractivity contribution in [1.29, 1.82) is 0 Å². The van der Waals surface area contributed by atoms with E-state index in [1.807, 2.05) is 6.92 Å². The van der Waals surface area contributed by atoms with Crippen molar-refractivity contribution in [3.05, 3.63) is 12.7 Å². The van der Waals surface area contributed by atoms with Crippen LogP contribution >= 0.6 is 0 Å². The summed E-state index contributed by atoms with van der Waals surface area (Å²) in [6, 6.07) is 0.554. The molecule has 0 radical (unpaired) electrons. The molecule has 2 atom stereocenters. The molecule has 1 aromatic heterocycles. The minimum atomic E-state index is -0.288. The number of hydrogen-bond acceptors (Lipinski definition) is 4. The van der Waals surface area contributed by atoms with E-state index < -0.39 is 0 Å². The van der Waals surface area contributed by atoms with Crippen molar-refractivity contribution < 1.29 is 4.79 Å². The molecule has 1 aliphatic heterocycles. The Morgan fingerprint density at radius 2 is 2.32 bits per heavy atom. The van der Waals surface area contributed by atoms with E-state index in [2.05, 4.69) is 20.3 Å². The third-order valence-electron chi connectivity index (χ3n) is 4.16. The minimum absolute atomic E-state index is 0.0235. The maximum absolute atomic E-state index is 12.0. The summed E-state index contributed by atoms with van der Waals surface area (Å²) in [7, 11) is 0. The minimum Gasteiger partial charge on any atom is -0.354 e. The molecular weight excluding hydrogens is 242 g/mol. The number of amides is 1. The molecular formula is C13H21N5O. The standard InChI is InChI=1S/C13H21N5O/c1-10(18-9-14-8-16-18)13(19)15-6-11-4-5-17(7-11)12-2-3-12/h8-12H,2-7H2,1H3,(H,15,19)/t10-,11-/m0/s1. The lowest BCUT2D eigenvalue weighted by Gasteiger charge is -2.16. The summed E-state index contributed by atoms with van der Waals surface area (Å²) in [5.41, 5.74) is 0. The maximum atomic E-state index is 12.0. The Labute approximate surface area is 113 Å². The molecule has 1 aromatic rings. The summed E-state index contributed by atoms with van der Waals surface area (Å²) in [6.45, 7) is 4.96. The van der Waals surface area contributed by atoms with Crippen LogP contribution in [0.4, 0.5) is 0 Å². The van der Waals surface area contributed by atoms with Crippen molar-refractivity contribution in [1.82, 2.24) is 25.0 Å². The van der Waals surface area contributed by atoms with Gasteiger partial charge >= 0.3 is 0 Å². The summed E-state index contributed by atoms with van der Waals surface area (Å²) in [4.78, 5) is 18.4. The average Bonchev–Trinajstić information content (AvgIpc) is 2.96. The monoisotopic (exact) mass is 263 g/mol. The van der Waals surface area contributed by atoms with Gasteiger partial charge in [0.1, 0.15) is 18.7 Å². The summed E-state index contributed by atoms with van der Waals surface area (Å²) >= 11 is 0. The van der Waals surface area contributed by atoms with Crippen LogP contribution in [0.1, 0.15) is 32.2 Å². The van der Waals surface area contributed by atoms with Gasteiger partial charge in [0, 0.05) is 19.1 Å². The number of rotatable bonds is 5. The lowest BCUT2D eigenvalue weighted by atomic mass is 10.1. The summed E-state index contributed by atoms with van der Waals surface area (Å²) in [5, 5.41) is 7.04. The second-order valence-corrected chi connectivity index (χ2v) is 5.68. The van der Waals surface area contributed by atoms with E-state index in [1.54, 1.807) is 11.0 Å². The van der Waals surface area contributed by atoms with E-state index in [4.69, 9.17) is 0 Å². The molecule has 1 saturated heterocycles. The molecule has 2 fully saturated rings. The molecule has 6 nitrogen and oxygen atoms in total. The first-order chi connectivity index (χ1) is 9.24. The fourth-order valence-corrected chi connectivity index (χ4v) is 2.73. The van der Waals surface area contributed by atoms with Gasteiger partial charge in [-0.15, -0.1) is 0 Å². The van der Waals surface area contributed by atoms with Crippen LogP contribution < -0.4 is 5.32 Å². The number of hydrogen-bond donors (Lipinski definition) is 1. The molecule has 2 aliphatic rings. The van der Waals surface area contributed by atoms with Crippen molar-refractivity contribution in [2.24, 2.45) is 5.92 Å². The fourth-order valence-electron chi connectivity index (χ4n) is 2.73. The van der Waals surface area contributed by atoms with Crippen molar-refractivity contribution in [2.75, 3.05) is 19.6 Å². The molecule has 2 heterocycles. The van der Waals surface area contributed by atoms with Crippen molar-refractivity contribution in [3.8, 4) is 0 Å². The van der Waals surface area contributed by atoms with Crippen LogP contribution in [0.2, 0.25) is 0 Å². The summed E-state index contributed by atoms with van der Waals surface area (Å²) < 4.78 is 1.58. The Hall–Kier alpha value is -1.43. The van der Waals surface area contributed by atoms with E-state index in [1.165, 1.54) is 32.1 Å². The Bertz CT molecular complexity index is 428. The molecule has 19 heavy (non-hydrogen) atoms. The highest BCUT2D eigenvalue weighted by Crippen LogP contribution is 2.31. The molecule has 1 N–H and O–H groups in total. The third-order valence-corrected chi connectivity index (χ3v) is 4.16. The summed E-state index contributed by atoms with van der Waals surface area (Å²) in [5.74, 6) is 0.628.